The van der Waals surface area contributed by atoms with E-state index in [4.69, 9.17) is 29.7 Å². The molecule has 0 unspecified atom stereocenters. The Morgan fingerprint density at radius 1 is 0.590 bits per heavy atom. The normalized spacial score (nSPS) is 18.4. The monoisotopic (exact) mass is 561 g/mol. The van der Waals surface area contributed by atoms with Crippen LogP contribution >= 0.6 is 0 Å². The van der Waals surface area contributed by atoms with Crippen molar-refractivity contribution in [2.24, 2.45) is 5.90 Å². The Kier molecular flexibility index (Phi) is 10.1. The van der Waals surface area contributed by atoms with Crippen molar-refractivity contribution in [2.75, 3.05) is 26.2 Å². The molecule has 0 aromatic carbocycles. The number of nitrogens with zero attached hydrogens (tertiary/aromatic N) is 2. The topological polar surface area (TPSA) is 167 Å². The fourth-order valence-electron chi connectivity index (χ4n) is 3.19. The third kappa shape index (κ3) is 10.8. The zero-order valence-electron chi connectivity index (χ0n) is 25.4. The first-order valence-electron chi connectivity index (χ1n) is 12.7. The van der Waals surface area contributed by atoms with Crippen LogP contribution in [0.2, 0.25) is 0 Å². The van der Waals surface area contributed by atoms with E-state index in [9.17, 15) is 24.3 Å². The maximum Gasteiger partial charge on any atom is 0.410 e. The van der Waals surface area contributed by atoms with E-state index in [1.165, 1.54) is 9.80 Å². The number of aliphatic hydroxyl groups is 1. The van der Waals surface area contributed by atoms with Crippen LogP contribution in [0.15, 0.2) is 0 Å². The lowest BCUT2D eigenvalue weighted by molar-refractivity contribution is -0.205. The van der Waals surface area contributed by atoms with Gasteiger partial charge in [-0.15, -0.1) is 0 Å². The van der Waals surface area contributed by atoms with Crippen LogP contribution in [-0.2, 0) is 33.4 Å². The summed E-state index contributed by atoms with van der Waals surface area (Å²) in [5.74, 6) is 3.91. The van der Waals surface area contributed by atoms with E-state index in [2.05, 4.69) is 0 Å². The summed E-state index contributed by atoms with van der Waals surface area (Å²) in [6.07, 6.45) is -1.05. The molecule has 2 amide bonds. The highest BCUT2D eigenvalue weighted by molar-refractivity contribution is 5.85. The van der Waals surface area contributed by atoms with Gasteiger partial charge in [-0.2, -0.15) is 0 Å². The van der Waals surface area contributed by atoms with E-state index >= 15 is 0 Å². The van der Waals surface area contributed by atoms with Crippen molar-refractivity contribution in [1.29, 1.82) is 0 Å². The molecule has 0 aromatic rings. The molecular formula is C26H47N3O10. The highest BCUT2D eigenvalue weighted by Gasteiger charge is 2.56. The Morgan fingerprint density at radius 3 is 1.21 bits per heavy atom. The first kappa shape index (κ1) is 34.4. The summed E-state index contributed by atoms with van der Waals surface area (Å²) >= 11 is 0. The molecule has 13 heteroatoms. The average Bonchev–Trinajstić information content (AvgIpc) is 2.59. The third-order valence-electron chi connectivity index (χ3n) is 4.88. The van der Waals surface area contributed by atoms with Crippen molar-refractivity contribution in [1.82, 2.24) is 9.80 Å². The van der Waals surface area contributed by atoms with Crippen molar-refractivity contribution < 1.29 is 48.1 Å². The zero-order valence-corrected chi connectivity index (χ0v) is 25.4. The van der Waals surface area contributed by atoms with Gasteiger partial charge in [0.25, 0.3) is 0 Å². The number of amides is 2. The van der Waals surface area contributed by atoms with Crippen LogP contribution in [0, 0.1) is 0 Å². The average molecular weight is 562 g/mol. The largest absolute Gasteiger partial charge is 0.458 e. The Morgan fingerprint density at radius 2 is 0.897 bits per heavy atom. The van der Waals surface area contributed by atoms with Crippen LogP contribution < -0.4 is 5.90 Å². The van der Waals surface area contributed by atoms with Gasteiger partial charge in [-0.1, -0.05) is 0 Å². The highest BCUT2D eigenvalue weighted by atomic mass is 16.7. The summed E-state index contributed by atoms with van der Waals surface area (Å²) in [5.41, 5.74) is -5.43. The van der Waals surface area contributed by atoms with Crippen molar-refractivity contribution in [3.63, 3.8) is 0 Å². The maximum absolute atomic E-state index is 12.0. The molecule has 0 aromatic heterocycles. The first-order valence-corrected chi connectivity index (χ1v) is 12.7. The molecule has 0 bridgehead atoms. The van der Waals surface area contributed by atoms with Gasteiger partial charge in [0, 0.05) is 0 Å². The van der Waals surface area contributed by atoms with E-state index in [0.29, 0.717) is 0 Å². The summed E-state index contributed by atoms with van der Waals surface area (Å²) in [7, 11) is 0. The Balaban J connectivity index is 0.000000391. The van der Waals surface area contributed by atoms with Gasteiger partial charge in [-0.25, -0.2) is 25.1 Å². The van der Waals surface area contributed by atoms with Crippen molar-refractivity contribution in [2.45, 2.75) is 117 Å². The van der Waals surface area contributed by atoms with Gasteiger partial charge in [-0.3, -0.25) is 4.84 Å². The van der Waals surface area contributed by atoms with Gasteiger partial charge in [0.15, 0.2) is 5.60 Å². The smallest absolute Gasteiger partial charge is 0.410 e. The molecule has 3 N–H and O–H groups in total. The number of β-amino-alcohol motifs (C(OH)–C–C–N with tert-alkyl or cyclic N) is 1. The van der Waals surface area contributed by atoms with Crippen LogP contribution in [0.3, 0.4) is 0 Å². The van der Waals surface area contributed by atoms with Crippen LogP contribution in [0.5, 0.6) is 0 Å². The maximum atomic E-state index is 12.0. The Labute approximate surface area is 231 Å². The summed E-state index contributed by atoms with van der Waals surface area (Å²) in [6.45, 7) is 20.8. The van der Waals surface area contributed by atoms with Crippen molar-refractivity contribution in [3.8, 4) is 0 Å². The number of hydrogen-bond acceptors (Lipinski definition) is 11. The van der Waals surface area contributed by atoms with E-state index < -0.39 is 57.7 Å². The lowest BCUT2D eigenvalue weighted by Crippen LogP contribution is -2.70. The van der Waals surface area contributed by atoms with E-state index in [-0.39, 0.29) is 26.2 Å². The molecule has 39 heavy (non-hydrogen) atoms. The minimum absolute atomic E-state index is 0.0212. The second kappa shape index (κ2) is 11.5. The molecule has 2 fully saturated rings. The van der Waals surface area contributed by atoms with Gasteiger partial charge in [0.05, 0.1) is 26.2 Å². The minimum Gasteiger partial charge on any atom is -0.458 e. The fraction of sp³-hybridized carbons (Fsp3) is 0.846. The molecule has 226 valence electrons. The molecule has 2 rings (SSSR count). The molecule has 0 aliphatic carbocycles. The quantitative estimate of drug-likeness (QED) is 0.295. The SMILES string of the molecule is CC(C)(C)OC(=O)N1CC(O)(C(=O)OC(C)(C)C)C1.CC(C)(C)OC(=O)N1CC(ON)(C(=O)OC(C)(C)C)C1. The van der Waals surface area contributed by atoms with Crippen LogP contribution in [0.4, 0.5) is 9.59 Å². The molecular weight excluding hydrogens is 514 g/mol. The number of carbonyl (C=O) groups is 4. The van der Waals surface area contributed by atoms with Gasteiger partial charge in [-0.05, 0) is 83.1 Å². The van der Waals surface area contributed by atoms with Crippen LogP contribution in [-0.4, -0.2) is 98.8 Å². The van der Waals surface area contributed by atoms with Crippen molar-refractivity contribution >= 4 is 24.1 Å². The van der Waals surface area contributed by atoms with Crippen LogP contribution in [0.25, 0.3) is 0 Å². The van der Waals surface area contributed by atoms with E-state index in [0.717, 1.165) is 0 Å². The van der Waals surface area contributed by atoms with Crippen molar-refractivity contribution in [3.05, 3.63) is 0 Å². The predicted octanol–water partition coefficient (Wildman–Crippen LogP) is 2.52. The third-order valence-corrected chi connectivity index (χ3v) is 4.88. The second-order valence-corrected chi connectivity index (χ2v) is 13.8. The summed E-state index contributed by atoms with van der Waals surface area (Å²) in [6, 6.07) is 0. The Bertz CT molecular complexity index is 910. The summed E-state index contributed by atoms with van der Waals surface area (Å²) < 4.78 is 20.7. The molecule has 2 heterocycles. The second-order valence-electron chi connectivity index (χ2n) is 13.8. The lowest BCUT2D eigenvalue weighted by Gasteiger charge is -2.46. The molecule has 0 radical (unpaired) electrons. The molecule has 0 spiro atoms. The highest BCUT2D eigenvalue weighted by Crippen LogP contribution is 2.29. The van der Waals surface area contributed by atoms with Gasteiger partial charge in [0.2, 0.25) is 5.60 Å². The summed E-state index contributed by atoms with van der Waals surface area (Å²) in [5, 5.41) is 10.0. The fourth-order valence-corrected chi connectivity index (χ4v) is 3.19. The number of hydrogen-bond donors (Lipinski definition) is 2. The number of esters is 2. The number of nitrogens with two attached hydrogens (primary N) is 1. The van der Waals surface area contributed by atoms with Gasteiger partial charge in [0.1, 0.15) is 22.4 Å². The number of ether oxygens (including phenoxy) is 4. The van der Waals surface area contributed by atoms with E-state index in [1.807, 2.05) is 0 Å². The zero-order chi connectivity index (χ0) is 30.8. The molecule has 13 nitrogen and oxygen atoms in total. The lowest BCUT2D eigenvalue weighted by atomic mass is 9.94. The molecule has 0 atom stereocenters. The predicted molar refractivity (Wildman–Crippen MR) is 140 cm³/mol. The van der Waals surface area contributed by atoms with Gasteiger partial charge < -0.3 is 33.9 Å². The molecule has 2 aliphatic rings. The number of likely N-dealkylation sites (tertiary alicyclic amines) is 2. The first-order chi connectivity index (χ1) is 17.2. The number of rotatable bonds is 3. The Hall–Kier alpha value is -2.64. The van der Waals surface area contributed by atoms with Crippen LogP contribution in [0.1, 0.15) is 83.1 Å². The summed E-state index contributed by atoms with van der Waals surface area (Å²) in [4.78, 5) is 54.7. The minimum atomic E-state index is -1.62. The molecule has 2 aliphatic heterocycles. The number of carbonyl (C=O) groups excluding carboxylic acids is 4. The van der Waals surface area contributed by atoms with Gasteiger partial charge >= 0.3 is 24.1 Å². The molecule has 2 saturated heterocycles. The molecule has 0 saturated carbocycles. The van der Waals surface area contributed by atoms with E-state index in [1.54, 1.807) is 83.1 Å². The standard InChI is InChI=1S/C13H24N2O5.C13H23NO5/c1-11(2,3)18-9(16)13(20-14)7-15(8-13)10(17)19-12(4,5)6;1-11(2,3)18-9(15)13(17)7-14(8-13)10(16)19-12(4,5)6/h7-8,14H2,1-6H3;17H,7-8H2,1-6H3.